The van der Waals surface area contributed by atoms with Gasteiger partial charge in [-0.15, -0.1) is 11.3 Å². The van der Waals surface area contributed by atoms with Crippen molar-refractivity contribution in [2.24, 2.45) is 0 Å². The maximum absolute atomic E-state index is 11.8. The van der Waals surface area contributed by atoms with Crippen LogP contribution in [-0.4, -0.2) is 18.4 Å². The van der Waals surface area contributed by atoms with Gasteiger partial charge in [-0.25, -0.2) is 0 Å². The molecule has 21 heavy (non-hydrogen) atoms. The molecule has 2 rings (SSSR count). The molecule has 0 atom stereocenters. The van der Waals surface area contributed by atoms with Crippen LogP contribution in [0.3, 0.4) is 0 Å². The minimum atomic E-state index is -0.135. The fourth-order valence-corrected chi connectivity index (χ4v) is 2.69. The van der Waals surface area contributed by atoms with Crippen molar-refractivity contribution >= 4 is 28.8 Å². The lowest BCUT2D eigenvalue weighted by molar-refractivity contribution is -0.116. The van der Waals surface area contributed by atoms with Crippen molar-refractivity contribution in [1.29, 1.82) is 0 Å². The van der Waals surface area contributed by atoms with E-state index in [2.05, 4.69) is 16.7 Å². The maximum atomic E-state index is 11.8. The SMILES string of the molecule is Cc1cc(C)cc(NC(=O)CCNC(=O)c2cccs2)c1. The average Bonchev–Trinajstić information content (AvgIpc) is 2.90. The van der Waals surface area contributed by atoms with Gasteiger partial charge in [-0.2, -0.15) is 0 Å². The molecule has 1 heterocycles. The van der Waals surface area contributed by atoms with Crippen molar-refractivity contribution in [1.82, 2.24) is 5.32 Å². The highest BCUT2D eigenvalue weighted by Crippen LogP contribution is 2.13. The summed E-state index contributed by atoms with van der Waals surface area (Å²) in [7, 11) is 0. The van der Waals surface area contributed by atoms with E-state index in [4.69, 9.17) is 0 Å². The Labute approximate surface area is 128 Å². The predicted molar refractivity (Wildman–Crippen MR) is 85.8 cm³/mol. The molecule has 0 saturated carbocycles. The molecule has 0 spiro atoms. The smallest absolute Gasteiger partial charge is 0.261 e. The third-order valence-electron chi connectivity index (χ3n) is 2.89. The first-order chi connectivity index (χ1) is 10.0. The number of carbonyl (C=O) groups is 2. The first-order valence-electron chi connectivity index (χ1n) is 6.74. The molecular weight excluding hydrogens is 284 g/mol. The van der Waals surface area contributed by atoms with Crippen LogP contribution in [0.5, 0.6) is 0 Å². The van der Waals surface area contributed by atoms with Gasteiger partial charge in [0, 0.05) is 18.7 Å². The summed E-state index contributed by atoms with van der Waals surface area (Å²) in [6, 6.07) is 9.49. The number of rotatable bonds is 5. The minimum absolute atomic E-state index is 0.105. The van der Waals surface area contributed by atoms with Crippen LogP contribution in [0.2, 0.25) is 0 Å². The molecule has 0 saturated heterocycles. The molecule has 0 unspecified atom stereocenters. The summed E-state index contributed by atoms with van der Waals surface area (Å²) >= 11 is 1.38. The lowest BCUT2D eigenvalue weighted by Gasteiger charge is -2.08. The topological polar surface area (TPSA) is 58.2 Å². The zero-order valence-electron chi connectivity index (χ0n) is 12.1. The van der Waals surface area contributed by atoms with Crippen molar-refractivity contribution in [3.63, 3.8) is 0 Å². The fraction of sp³-hybridized carbons (Fsp3) is 0.250. The standard InChI is InChI=1S/C16H18N2O2S/c1-11-8-12(2)10-13(9-11)18-15(19)5-6-17-16(20)14-4-3-7-21-14/h3-4,7-10H,5-6H2,1-2H3,(H,17,20)(H,18,19). The van der Waals surface area contributed by atoms with Crippen molar-refractivity contribution in [2.75, 3.05) is 11.9 Å². The number of nitrogens with one attached hydrogen (secondary N) is 2. The van der Waals surface area contributed by atoms with E-state index >= 15 is 0 Å². The van der Waals surface area contributed by atoms with Gasteiger partial charge in [0.15, 0.2) is 0 Å². The third-order valence-corrected chi connectivity index (χ3v) is 3.76. The molecule has 4 nitrogen and oxygen atoms in total. The molecule has 0 aliphatic carbocycles. The number of carbonyl (C=O) groups excluding carboxylic acids is 2. The number of hydrogen-bond donors (Lipinski definition) is 2. The number of amides is 2. The Balaban J connectivity index is 1.78. The van der Waals surface area contributed by atoms with Crippen molar-refractivity contribution < 1.29 is 9.59 Å². The maximum Gasteiger partial charge on any atom is 0.261 e. The van der Waals surface area contributed by atoms with E-state index in [1.54, 1.807) is 6.07 Å². The van der Waals surface area contributed by atoms with E-state index < -0.39 is 0 Å². The second-order valence-electron chi connectivity index (χ2n) is 4.91. The second kappa shape index (κ2) is 7.04. The van der Waals surface area contributed by atoms with Gasteiger partial charge < -0.3 is 10.6 Å². The molecule has 0 aliphatic rings. The van der Waals surface area contributed by atoms with Crippen molar-refractivity contribution in [3.8, 4) is 0 Å². The minimum Gasteiger partial charge on any atom is -0.351 e. The van der Waals surface area contributed by atoms with Gasteiger partial charge in [0.05, 0.1) is 4.88 Å². The summed E-state index contributed by atoms with van der Waals surface area (Å²) in [4.78, 5) is 24.2. The van der Waals surface area contributed by atoms with Crippen LogP contribution in [0.15, 0.2) is 35.7 Å². The van der Waals surface area contributed by atoms with E-state index in [1.165, 1.54) is 11.3 Å². The molecular formula is C16H18N2O2S. The lowest BCUT2D eigenvalue weighted by Crippen LogP contribution is -2.27. The second-order valence-corrected chi connectivity index (χ2v) is 5.86. The van der Waals surface area contributed by atoms with Crippen LogP contribution in [-0.2, 0) is 4.79 Å². The summed E-state index contributed by atoms with van der Waals surface area (Å²) in [5.74, 6) is -0.240. The zero-order chi connectivity index (χ0) is 15.2. The number of aryl methyl sites for hydroxylation is 2. The highest BCUT2D eigenvalue weighted by atomic mass is 32.1. The molecule has 0 aliphatic heterocycles. The molecule has 110 valence electrons. The van der Waals surface area contributed by atoms with Crippen LogP contribution >= 0.6 is 11.3 Å². The Morgan fingerprint density at radius 3 is 2.48 bits per heavy atom. The van der Waals surface area contributed by atoms with Gasteiger partial charge in [-0.05, 0) is 48.6 Å². The number of hydrogen-bond acceptors (Lipinski definition) is 3. The third kappa shape index (κ3) is 4.72. The molecule has 2 N–H and O–H groups in total. The molecule has 1 aromatic heterocycles. The highest BCUT2D eigenvalue weighted by Gasteiger charge is 2.07. The number of benzene rings is 1. The Bertz CT molecular complexity index is 615. The first-order valence-corrected chi connectivity index (χ1v) is 7.62. The summed E-state index contributed by atoms with van der Waals surface area (Å²) in [6.45, 7) is 4.31. The van der Waals surface area contributed by atoms with Gasteiger partial charge in [0.2, 0.25) is 5.91 Å². The quantitative estimate of drug-likeness (QED) is 0.891. The van der Waals surface area contributed by atoms with E-state index in [-0.39, 0.29) is 18.2 Å². The summed E-state index contributed by atoms with van der Waals surface area (Å²) in [5, 5.41) is 7.43. The zero-order valence-corrected chi connectivity index (χ0v) is 12.9. The Hall–Kier alpha value is -2.14. The monoisotopic (exact) mass is 302 g/mol. The molecule has 1 aromatic carbocycles. The van der Waals surface area contributed by atoms with Gasteiger partial charge in [-0.1, -0.05) is 12.1 Å². The van der Waals surface area contributed by atoms with Crippen LogP contribution in [0.1, 0.15) is 27.2 Å². The van der Waals surface area contributed by atoms with Crippen LogP contribution in [0.25, 0.3) is 0 Å². The normalized spacial score (nSPS) is 10.2. The summed E-state index contributed by atoms with van der Waals surface area (Å²) < 4.78 is 0. The fourth-order valence-electron chi connectivity index (χ4n) is 2.05. The van der Waals surface area contributed by atoms with Crippen LogP contribution < -0.4 is 10.6 Å². The summed E-state index contributed by atoms with van der Waals surface area (Å²) in [5.41, 5.74) is 3.01. The van der Waals surface area contributed by atoms with Gasteiger partial charge >= 0.3 is 0 Å². The average molecular weight is 302 g/mol. The first kappa shape index (κ1) is 15.3. The summed E-state index contributed by atoms with van der Waals surface area (Å²) in [6.07, 6.45) is 0.254. The molecule has 2 amide bonds. The van der Waals surface area contributed by atoms with E-state index in [0.717, 1.165) is 16.8 Å². The van der Waals surface area contributed by atoms with Crippen LogP contribution in [0, 0.1) is 13.8 Å². The molecule has 0 radical (unpaired) electrons. The largest absolute Gasteiger partial charge is 0.351 e. The van der Waals surface area contributed by atoms with E-state index in [0.29, 0.717) is 11.4 Å². The van der Waals surface area contributed by atoms with Crippen LogP contribution in [0.4, 0.5) is 5.69 Å². The van der Waals surface area contributed by atoms with Crippen molar-refractivity contribution in [2.45, 2.75) is 20.3 Å². The number of anilines is 1. The Morgan fingerprint density at radius 2 is 1.86 bits per heavy atom. The highest BCUT2D eigenvalue weighted by molar-refractivity contribution is 7.12. The number of thiophene rings is 1. The lowest BCUT2D eigenvalue weighted by atomic mass is 10.1. The molecule has 0 fully saturated rings. The van der Waals surface area contributed by atoms with Gasteiger partial charge in [0.1, 0.15) is 0 Å². The molecule has 5 heteroatoms. The van der Waals surface area contributed by atoms with E-state index in [9.17, 15) is 9.59 Å². The van der Waals surface area contributed by atoms with Crippen molar-refractivity contribution in [3.05, 3.63) is 51.7 Å². The van der Waals surface area contributed by atoms with E-state index in [1.807, 2.05) is 37.4 Å². The Morgan fingerprint density at radius 1 is 1.14 bits per heavy atom. The predicted octanol–water partition coefficient (Wildman–Crippen LogP) is 3.12. The Kier molecular flexibility index (Phi) is 5.11. The molecule has 2 aromatic rings. The van der Waals surface area contributed by atoms with Gasteiger partial charge in [0.25, 0.3) is 5.91 Å². The molecule has 0 bridgehead atoms. The van der Waals surface area contributed by atoms with Gasteiger partial charge in [-0.3, -0.25) is 9.59 Å².